The van der Waals surface area contributed by atoms with Crippen LogP contribution in [0.1, 0.15) is 36.2 Å². The van der Waals surface area contributed by atoms with Crippen LogP contribution in [0.2, 0.25) is 0 Å². The Balaban J connectivity index is 1.48. The van der Waals surface area contributed by atoms with Crippen molar-refractivity contribution >= 4 is 11.8 Å². The zero-order valence-electron chi connectivity index (χ0n) is 18.0. The van der Waals surface area contributed by atoms with Crippen LogP contribution in [0.25, 0.3) is 11.6 Å². The third-order valence-corrected chi connectivity index (χ3v) is 5.89. The van der Waals surface area contributed by atoms with Crippen LogP contribution in [-0.4, -0.2) is 68.2 Å². The molecule has 0 radical (unpaired) electrons. The van der Waals surface area contributed by atoms with Crippen LogP contribution in [0.4, 0.5) is 17.6 Å². The SMILES string of the molecule is NC(CC(=O)N1CCc2c(nc(-c3ccco3)nc2C(F)(F)F)C1)CN1C(=O)CCC(F)C1O. The summed E-state index contributed by atoms with van der Waals surface area (Å²) in [6, 6.07) is 2.04. The summed E-state index contributed by atoms with van der Waals surface area (Å²) in [5, 5.41) is 9.91. The van der Waals surface area contributed by atoms with Crippen molar-refractivity contribution in [1.82, 2.24) is 19.8 Å². The lowest BCUT2D eigenvalue weighted by Crippen LogP contribution is -2.54. The average Bonchev–Trinajstić information content (AvgIpc) is 3.32. The Hall–Kier alpha value is -3.06. The van der Waals surface area contributed by atoms with Crippen molar-refractivity contribution in [3.05, 3.63) is 35.3 Å². The highest BCUT2D eigenvalue weighted by atomic mass is 19.4. The molecule has 4 heterocycles. The number of fused-ring (bicyclic) bond motifs is 1. The summed E-state index contributed by atoms with van der Waals surface area (Å²) in [4.78, 5) is 34.9. The maximum atomic E-state index is 13.7. The molecule has 9 nitrogen and oxygen atoms in total. The zero-order valence-corrected chi connectivity index (χ0v) is 18.0. The summed E-state index contributed by atoms with van der Waals surface area (Å²) in [6.45, 7) is -0.402. The molecule has 0 aliphatic carbocycles. The van der Waals surface area contributed by atoms with E-state index in [1.807, 2.05) is 0 Å². The molecule has 0 aromatic carbocycles. The van der Waals surface area contributed by atoms with Gasteiger partial charge in [-0.15, -0.1) is 0 Å². The summed E-state index contributed by atoms with van der Waals surface area (Å²) in [5.74, 6) is -1.09. The molecule has 3 unspecified atom stereocenters. The summed E-state index contributed by atoms with van der Waals surface area (Å²) in [7, 11) is 0. The number of furan rings is 1. The van der Waals surface area contributed by atoms with E-state index in [1.54, 1.807) is 0 Å². The summed E-state index contributed by atoms with van der Waals surface area (Å²) >= 11 is 0. The summed E-state index contributed by atoms with van der Waals surface area (Å²) < 4.78 is 59.8. The molecule has 13 heteroatoms. The number of likely N-dealkylation sites (tertiary alicyclic amines) is 1. The fraction of sp³-hybridized carbons (Fsp3) is 0.524. The topological polar surface area (TPSA) is 126 Å². The number of halogens is 4. The third-order valence-electron chi connectivity index (χ3n) is 5.89. The Kier molecular flexibility index (Phi) is 6.58. The van der Waals surface area contributed by atoms with Crippen LogP contribution >= 0.6 is 0 Å². The largest absolute Gasteiger partial charge is 0.461 e. The number of carbonyl (C=O) groups is 2. The van der Waals surface area contributed by atoms with Crippen LogP contribution in [0.5, 0.6) is 0 Å². The summed E-state index contributed by atoms with van der Waals surface area (Å²) in [5.41, 5.74) is 4.90. The minimum atomic E-state index is -4.71. The van der Waals surface area contributed by atoms with Gasteiger partial charge >= 0.3 is 6.18 Å². The molecule has 2 aromatic rings. The summed E-state index contributed by atoms with van der Waals surface area (Å²) in [6.07, 6.45) is -7.13. The first-order chi connectivity index (χ1) is 16.0. The number of aliphatic hydroxyl groups is 1. The average molecular weight is 485 g/mol. The number of aromatic nitrogens is 2. The van der Waals surface area contributed by atoms with E-state index in [2.05, 4.69) is 9.97 Å². The molecule has 2 amide bonds. The molecule has 2 aromatic heterocycles. The predicted molar refractivity (Wildman–Crippen MR) is 108 cm³/mol. The highest BCUT2D eigenvalue weighted by Crippen LogP contribution is 2.35. The molecule has 34 heavy (non-hydrogen) atoms. The van der Waals surface area contributed by atoms with Crippen molar-refractivity contribution in [3.8, 4) is 11.6 Å². The number of aliphatic hydroxyl groups excluding tert-OH is 1. The Bertz CT molecular complexity index is 1060. The number of hydrogen-bond donors (Lipinski definition) is 2. The number of carbonyl (C=O) groups excluding carboxylic acids is 2. The van der Waals surface area contributed by atoms with Crippen molar-refractivity contribution in [2.24, 2.45) is 5.73 Å². The lowest BCUT2D eigenvalue weighted by molar-refractivity contribution is -0.155. The van der Waals surface area contributed by atoms with E-state index in [1.165, 1.54) is 23.3 Å². The van der Waals surface area contributed by atoms with Gasteiger partial charge in [0, 0.05) is 37.5 Å². The van der Waals surface area contributed by atoms with Crippen LogP contribution in [-0.2, 0) is 28.7 Å². The van der Waals surface area contributed by atoms with E-state index in [0.29, 0.717) is 0 Å². The quantitative estimate of drug-likeness (QED) is 0.617. The number of alkyl halides is 4. The Morgan fingerprint density at radius 1 is 1.32 bits per heavy atom. The molecule has 184 valence electrons. The molecule has 0 saturated carbocycles. The molecule has 2 aliphatic heterocycles. The molecule has 0 bridgehead atoms. The highest BCUT2D eigenvalue weighted by molar-refractivity contribution is 5.79. The zero-order chi connectivity index (χ0) is 24.6. The number of rotatable bonds is 5. The molecule has 2 aliphatic rings. The number of amides is 2. The van der Waals surface area contributed by atoms with Gasteiger partial charge in [0.25, 0.3) is 0 Å². The molecular weight excluding hydrogens is 462 g/mol. The van der Waals surface area contributed by atoms with E-state index < -0.39 is 42.1 Å². The van der Waals surface area contributed by atoms with Crippen LogP contribution < -0.4 is 5.73 Å². The molecule has 1 fully saturated rings. The third kappa shape index (κ3) is 4.89. The lowest BCUT2D eigenvalue weighted by Gasteiger charge is -2.36. The van der Waals surface area contributed by atoms with E-state index in [4.69, 9.17) is 10.2 Å². The van der Waals surface area contributed by atoms with E-state index >= 15 is 0 Å². The van der Waals surface area contributed by atoms with Gasteiger partial charge < -0.3 is 25.1 Å². The van der Waals surface area contributed by atoms with Crippen LogP contribution in [0.3, 0.4) is 0 Å². The molecule has 3 N–H and O–H groups in total. The highest BCUT2D eigenvalue weighted by Gasteiger charge is 2.40. The van der Waals surface area contributed by atoms with Gasteiger partial charge in [0.15, 0.2) is 23.5 Å². The molecule has 0 spiro atoms. The van der Waals surface area contributed by atoms with Gasteiger partial charge in [0.2, 0.25) is 11.8 Å². The van der Waals surface area contributed by atoms with Crippen LogP contribution in [0, 0.1) is 0 Å². The van der Waals surface area contributed by atoms with Crippen molar-refractivity contribution in [1.29, 1.82) is 0 Å². The van der Waals surface area contributed by atoms with Crippen molar-refractivity contribution in [3.63, 3.8) is 0 Å². The maximum Gasteiger partial charge on any atom is 0.433 e. The van der Waals surface area contributed by atoms with Crippen molar-refractivity contribution < 1.29 is 36.7 Å². The van der Waals surface area contributed by atoms with Crippen LogP contribution in [0.15, 0.2) is 22.8 Å². The number of hydrogen-bond acceptors (Lipinski definition) is 7. The van der Waals surface area contributed by atoms with Crippen molar-refractivity contribution in [2.75, 3.05) is 13.1 Å². The number of nitrogens with zero attached hydrogens (tertiary/aromatic N) is 4. The fourth-order valence-corrected chi connectivity index (χ4v) is 4.17. The Morgan fingerprint density at radius 2 is 2.09 bits per heavy atom. The number of piperidine rings is 1. The van der Waals surface area contributed by atoms with Gasteiger partial charge in [-0.05, 0) is 25.0 Å². The van der Waals surface area contributed by atoms with Gasteiger partial charge in [-0.1, -0.05) is 0 Å². The maximum absolute atomic E-state index is 13.7. The monoisotopic (exact) mass is 485 g/mol. The first kappa shape index (κ1) is 24.1. The lowest BCUT2D eigenvalue weighted by atomic mass is 10.0. The van der Waals surface area contributed by atoms with E-state index in [-0.39, 0.29) is 68.2 Å². The molecule has 4 rings (SSSR count). The first-order valence-electron chi connectivity index (χ1n) is 10.7. The second kappa shape index (κ2) is 9.29. The van der Waals surface area contributed by atoms with E-state index in [9.17, 15) is 32.3 Å². The smallest absolute Gasteiger partial charge is 0.433 e. The predicted octanol–water partition coefficient (Wildman–Crippen LogP) is 1.64. The van der Waals surface area contributed by atoms with Gasteiger partial charge in [-0.25, -0.2) is 14.4 Å². The molecular formula is C21H23F4N5O4. The van der Waals surface area contributed by atoms with Gasteiger partial charge in [-0.2, -0.15) is 13.2 Å². The van der Waals surface area contributed by atoms with Gasteiger partial charge in [-0.3, -0.25) is 9.59 Å². The first-order valence-corrected chi connectivity index (χ1v) is 10.7. The molecule has 3 atom stereocenters. The second-order valence-corrected chi connectivity index (χ2v) is 8.34. The van der Waals surface area contributed by atoms with Gasteiger partial charge in [0.05, 0.1) is 18.5 Å². The Morgan fingerprint density at radius 3 is 2.76 bits per heavy atom. The minimum absolute atomic E-state index is 0.00289. The minimum Gasteiger partial charge on any atom is -0.461 e. The standard InChI is InChI=1S/C21H23F4N5O4/c22-13-3-4-16(31)30(20(13)33)9-11(26)8-17(32)29-6-5-12-14(10-29)27-19(15-2-1-7-34-15)28-18(12)21(23,24)25/h1-2,7,11,13,20,33H,3-6,8-10,26H2. The Labute approximate surface area is 191 Å². The van der Waals surface area contributed by atoms with E-state index in [0.717, 1.165) is 4.90 Å². The van der Waals surface area contributed by atoms with Crippen molar-refractivity contribution in [2.45, 2.75) is 56.8 Å². The normalized spacial score (nSPS) is 22.0. The van der Waals surface area contributed by atoms with Gasteiger partial charge in [0.1, 0.15) is 6.17 Å². The fourth-order valence-electron chi connectivity index (χ4n) is 4.17. The number of nitrogens with two attached hydrogens (primary N) is 1. The second-order valence-electron chi connectivity index (χ2n) is 8.34. The molecule has 1 saturated heterocycles.